The van der Waals surface area contributed by atoms with Gasteiger partial charge in [-0.1, -0.05) is 39.0 Å². The number of rotatable bonds is 10. The summed E-state index contributed by atoms with van der Waals surface area (Å²) < 4.78 is 6.37. The maximum atomic E-state index is 13.0. The van der Waals surface area contributed by atoms with Gasteiger partial charge in [-0.2, -0.15) is 0 Å². The maximum Gasteiger partial charge on any atom is 0.337 e. The normalized spacial score (nSPS) is 11.1. The summed E-state index contributed by atoms with van der Waals surface area (Å²) in [5.41, 5.74) is 0.594. The van der Waals surface area contributed by atoms with Crippen LogP contribution in [-0.2, 0) is 16.1 Å². The number of fused-ring (bicyclic) bond motifs is 1. The minimum absolute atomic E-state index is 0.0876. The van der Waals surface area contributed by atoms with Gasteiger partial charge < -0.3 is 10.1 Å². The number of hydrogen-bond donors (Lipinski definition) is 1. The minimum Gasteiger partial charge on any atom is -0.465 e. The van der Waals surface area contributed by atoms with E-state index >= 15 is 0 Å². The number of carbonyl (C=O) groups excluding carboxylic acids is 2. The molecule has 1 aromatic heterocycles. The molecule has 0 atom stereocenters. The number of nitrogens with zero attached hydrogens (tertiary/aromatic N) is 2. The van der Waals surface area contributed by atoms with Crippen LogP contribution in [0, 0.1) is 5.92 Å². The van der Waals surface area contributed by atoms with E-state index in [1.165, 1.54) is 18.9 Å². The molecule has 0 radical (unpaired) electrons. The van der Waals surface area contributed by atoms with Crippen LogP contribution in [0.25, 0.3) is 10.9 Å². The third-order valence-corrected chi connectivity index (χ3v) is 5.43. The van der Waals surface area contributed by atoms with Gasteiger partial charge in [-0.25, -0.2) is 9.78 Å². The van der Waals surface area contributed by atoms with Crippen molar-refractivity contribution in [1.82, 2.24) is 14.9 Å². The molecule has 1 amide bonds. The minimum atomic E-state index is -0.484. The predicted molar refractivity (Wildman–Crippen MR) is 115 cm³/mol. The van der Waals surface area contributed by atoms with Gasteiger partial charge >= 0.3 is 5.97 Å². The molecule has 2 rings (SSSR count). The molecular weight excluding hydrogens is 390 g/mol. The van der Waals surface area contributed by atoms with Crippen LogP contribution in [0.4, 0.5) is 0 Å². The van der Waals surface area contributed by atoms with Crippen molar-refractivity contribution in [2.24, 2.45) is 5.92 Å². The number of esters is 1. The molecule has 7 nitrogen and oxygen atoms in total. The highest BCUT2D eigenvalue weighted by atomic mass is 32.2. The Morgan fingerprint density at radius 1 is 1.31 bits per heavy atom. The van der Waals surface area contributed by atoms with Crippen LogP contribution < -0.4 is 10.9 Å². The first-order valence-corrected chi connectivity index (χ1v) is 10.9. The fourth-order valence-corrected chi connectivity index (χ4v) is 3.61. The highest BCUT2D eigenvalue weighted by Gasteiger charge is 2.15. The van der Waals surface area contributed by atoms with Crippen LogP contribution in [0.2, 0.25) is 0 Å². The molecule has 0 unspecified atom stereocenters. The molecular formula is C21H29N3O4S. The fraction of sp³-hybridized carbons (Fsp3) is 0.524. The van der Waals surface area contributed by atoms with E-state index in [-0.39, 0.29) is 17.2 Å². The second-order valence-electron chi connectivity index (χ2n) is 7.25. The summed E-state index contributed by atoms with van der Waals surface area (Å²) in [6.07, 6.45) is 2.69. The third-order valence-electron chi connectivity index (χ3n) is 4.45. The zero-order valence-corrected chi connectivity index (χ0v) is 18.3. The van der Waals surface area contributed by atoms with E-state index in [1.807, 2.05) is 0 Å². The Morgan fingerprint density at radius 3 is 2.72 bits per heavy atom. The number of unbranched alkanes of at least 4 members (excludes halogenated alkanes) is 1. The maximum absolute atomic E-state index is 13.0. The Morgan fingerprint density at radius 2 is 2.07 bits per heavy atom. The molecule has 1 heterocycles. The van der Waals surface area contributed by atoms with Gasteiger partial charge in [0.05, 0.1) is 29.3 Å². The summed E-state index contributed by atoms with van der Waals surface area (Å²) in [7, 11) is 1.31. The standard InChI is InChI=1S/C21H29N3O4S/c1-5-6-11-24-19(26)16-8-7-15(20(27)28-4)12-17(16)23-21(24)29-13-18(25)22-10-9-14(2)3/h7-8,12,14H,5-6,9-11,13H2,1-4H3,(H,22,25). The van der Waals surface area contributed by atoms with Crippen LogP contribution >= 0.6 is 11.8 Å². The lowest BCUT2D eigenvalue weighted by atomic mass is 10.1. The zero-order chi connectivity index (χ0) is 21.4. The number of benzene rings is 1. The van der Waals surface area contributed by atoms with Crippen LogP contribution in [0.3, 0.4) is 0 Å². The van der Waals surface area contributed by atoms with Gasteiger partial charge in [-0.05, 0) is 37.0 Å². The average molecular weight is 420 g/mol. The Balaban J connectivity index is 2.30. The molecule has 1 N–H and O–H groups in total. The SMILES string of the molecule is CCCCn1c(SCC(=O)NCCC(C)C)nc2cc(C(=O)OC)ccc2c1=O. The van der Waals surface area contributed by atoms with Gasteiger partial charge in [0, 0.05) is 13.1 Å². The van der Waals surface area contributed by atoms with E-state index in [0.29, 0.717) is 40.6 Å². The quantitative estimate of drug-likeness (QED) is 0.361. The van der Waals surface area contributed by atoms with Gasteiger partial charge in [0.15, 0.2) is 5.16 Å². The largest absolute Gasteiger partial charge is 0.465 e. The molecule has 0 saturated heterocycles. The van der Waals surface area contributed by atoms with Gasteiger partial charge in [0.1, 0.15) is 0 Å². The smallest absolute Gasteiger partial charge is 0.337 e. The number of amides is 1. The number of thioether (sulfide) groups is 1. The molecule has 0 aliphatic heterocycles. The number of hydrogen-bond acceptors (Lipinski definition) is 6. The molecule has 2 aromatic rings. The first-order chi connectivity index (χ1) is 13.9. The summed E-state index contributed by atoms with van der Waals surface area (Å²) >= 11 is 1.24. The van der Waals surface area contributed by atoms with E-state index in [0.717, 1.165) is 19.3 Å². The molecule has 0 fully saturated rings. The first kappa shape index (κ1) is 22.9. The van der Waals surface area contributed by atoms with Crippen LogP contribution in [0.5, 0.6) is 0 Å². The van der Waals surface area contributed by atoms with Crippen molar-refractivity contribution in [3.8, 4) is 0 Å². The summed E-state index contributed by atoms with van der Waals surface area (Å²) in [6, 6.07) is 4.72. The highest BCUT2D eigenvalue weighted by Crippen LogP contribution is 2.19. The molecule has 0 aliphatic carbocycles. The van der Waals surface area contributed by atoms with Gasteiger partial charge in [-0.3, -0.25) is 14.2 Å². The molecule has 29 heavy (non-hydrogen) atoms. The topological polar surface area (TPSA) is 90.3 Å². The Bertz CT molecular complexity index is 924. The molecule has 0 spiro atoms. The Kier molecular flexibility index (Phi) is 8.70. The number of methoxy groups -OCH3 is 1. The fourth-order valence-electron chi connectivity index (χ4n) is 2.75. The average Bonchev–Trinajstić information content (AvgIpc) is 2.70. The molecule has 0 aliphatic rings. The van der Waals surface area contributed by atoms with Crippen molar-refractivity contribution in [2.75, 3.05) is 19.4 Å². The van der Waals surface area contributed by atoms with Crippen LogP contribution in [-0.4, -0.2) is 40.8 Å². The lowest BCUT2D eigenvalue weighted by Gasteiger charge is -2.13. The van der Waals surface area contributed by atoms with Crippen molar-refractivity contribution >= 4 is 34.5 Å². The van der Waals surface area contributed by atoms with Crippen molar-refractivity contribution in [2.45, 2.75) is 51.7 Å². The van der Waals surface area contributed by atoms with Crippen molar-refractivity contribution in [3.05, 3.63) is 34.1 Å². The second kappa shape index (κ2) is 11.0. The van der Waals surface area contributed by atoms with E-state index in [4.69, 9.17) is 4.74 Å². The summed E-state index contributed by atoms with van der Waals surface area (Å²) in [4.78, 5) is 41.5. The summed E-state index contributed by atoms with van der Waals surface area (Å²) in [6.45, 7) is 7.43. The number of aromatic nitrogens is 2. The second-order valence-corrected chi connectivity index (χ2v) is 8.19. The molecule has 158 valence electrons. The predicted octanol–water partition coefficient (Wildman–Crippen LogP) is 3.24. The van der Waals surface area contributed by atoms with E-state index in [9.17, 15) is 14.4 Å². The van der Waals surface area contributed by atoms with E-state index in [2.05, 4.69) is 31.1 Å². The number of nitrogens with one attached hydrogen (secondary N) is 1. The lowest BCUT2D eigenvalue weighted by Crippen LogP contribution is -2.28. The van der Waals surface area contributed by atoms with Crippen LogP contribution in [0.1, 0.15) is 50.4 Å². The summed E-state index contributed by atoms with van der Waals surface area (Å²) in [5.74, 6) is 0.130. The zero-order valence-electron chi connectivity index (χ0n) is 17.5. The molecule has 0 saturated carbocycles. The number of ether oxygens (including phenoxy) is 1. The first-order valence-electron chi connectivity index (χ1n) is 9.89. The van der Waals surface area contributed by atoms with Crippen molar-refractivity contribution in [3.63, 3.8) is 0 Å². The van der Waals surface area contributed by atoms with E-state index < -0.39 is 5.97 Å². The molecule has 8 heteroatoms. The third kappa shape index (κ3) is 6.32. The van der Waals surface area contributed by atoms with Crippen molar-refractivity contribution in [1.29, 1.82) is 0 Å². The Hall–Kier alpha value is -2.35. The molecule has 1 aromatic carbocycles. The van der Waals surface area contributed by atoms with Crippen molar-refractivity contribution < 1.29 is 14.3 Å². The van der Waals surface area contributed by atoms with Gasteiger partial charge in [0.2, 0.25) is 5.91 Å². The number of carbonyl (C=O) groups is 2. The monoisotopic (exact) mass is 419 g/mol. The summed E-state index contributed by atoms with van der Waals surface area (Å²) in [5, 5.41) is 3.82. The van der Waals surface area contributed by atoms with E-state index in [1.54, 1.807) is 22.8 Å². The Labute approximate surface area is 175 Å². The highest BCUT2D eigenvalue weighted by molar-refractivity contribution is 7.99. The van der Waals surface area contributed by atoms with Crippen LogP contribution in [0.15, 0.2) is 28.2 Å². The molecule has 0 bridgehead atoms. The van der Waals surface area contributed by atoms with Gasteiger partial charge in [0.25, 0.3) is 5.56 Å². The lowest BCUT2D eigenvalue weighted by molar-refractivity contribution is -0.118. The van der Waals surface area contributed by atoms with Gasteiger partial charge in [-0.15, -0.1) is 0 Å².